The number of hydrogen-bond donors (Lipinski definition) is 2. The molecule has 110 valence electrons. The molecular weight excluding hydrogens is 252 g/mol. The second-order valence-corrected chi connectivity index (χ2v) is 5.64. The predicted molar refractivity (Wildman–Crippen MR) is 81.1 cm³/mol. The van der Waals surface area contributed by atoms with Crippen molar-refractivity contribution >= 4 is 11.6 Å². The molecule has 0 unspecified atom stereocenters. The van der Waals surface area contributed by atoms with E-state index >= 15 is 0 Å². The molecule has 1 aromatic carbocycles. The highest BCUT2D eigenvalue weighted by atomic mass is 16.5. The lowest BCUT2D eigenvalue weighted by Crippen LogP contribution is -2.30. The minimum Gasteiger partial charge on any atom is -0.385 e. The molecular formula is C16H24N2O2. The lowest BCUT2D eigenvalue weighted by atomic mass is 10.0. The first-order valence-corrected chi connectivity index (χ1v) is 7.37. The number of hydrogen-bond acceptors (Lipinski definition) is 3. The van der Waals surface area contributed by atoms with Gasteiger partial charge in [0.05, 0.1) is 0 Å². The third-order valence-electron chi connectivity index (χ3n) is 3.50. The normalized spacial score (nSPS) is 16.1. The quantitative estimate of drug-likeness (QED) is 0.869. The van der Waals surface area contributed by atoms with Crippen LogP contribution in [0.4, 0.5) is 5.69 Å². The van der Waals surface area contributed by atoms with Crippen LogP contribution in [-0.2, 0) is 4.74 Å². The fraction of sp³-hybridized carbons (Fsp3) is 0.562. The Bertz CT molecular complexity index is 423. The van der Waals surface area contributed by atoms with Crippen molar-refractivity contribution in [3.8, 4) is 0 Å². The molecule has 1 aliphatic rings. The van der Waals surface area contributed by atoms with E-state index in [9.17, 15) is 4.79 Å². The van der Waals surface area contributed by atoms with Crippen LogP contribution >= 0.6 is 0 Å². The maximum atomic E-state index is 11.8. The number of rotatable bonds is 5. The van der Waals surface area contributed by atoms with Crippen LogP contribution < -0.4 is 10.6 Å². The number of anilines is 1. The van der Waals surface area contributed by atoms with E-state index in [1.807, 2.05) is 38.1 Å². The van der Waals surface area contributed by atoms with E-state index in [1.165, 1.54) is 0 Å². The first kappa shape index (κ1) is 14.9. The Kier molecular flexibility index (Phi) is 5.41. The molecule has 0 saturated carbocycles. The molecule has 0 atom stereocenters. The van der Waals surface area contributed by atoms with Crippen LogP contribution in [0.25, 0.3) is 0 Å². The first-order chi connectivity index (χ1) is 9.65. The smallest absolute Gasteiger partial charge is 0.251 e. The molecule has 4 heteroatoms. The third-order valence-corrected chi connectivity index (χ3v) is 3.50. The van der Waals surface area contributed by atoms with Crippen molar-refractivity contribution < 1.29 is 9.53 Å². The Morgan fingerprint density at radius 2 is 1.90 bits per heavy atom. The minimum absolute atomic E-state index is 0.0176. The van der Waals surface area contributed by atoms with Crippen LogP contribution in [0.15, 0.2) is 24.3 Å². The number of amides is 1. The summed E-state index contributed by atoms with van der Waals surface area (Å²) in [6.07, 6.45) is 2.25. The average Bonchev–Trinajstić information content (AvgIpc) is 2.46. The second kappa shape index (κ2) is 7.29. The molecule has 1 fully saturated rings. The minimum atomic E-state index is -0.0176. The van der Waals surface area contributed by atoms with Gasteiger partial charge in [0.25, 0.3) is 5.91 Å². The number of carbonyl (C=O) groups is 1. The number of nitrogens with one attached hydrogen (secondary N) is 2. The molecule has 0 aliphatic carbocycles. The highest BCUT2D eigenvalue weighted by molar-refractivity contribution is 5.94. The summed E-state index contributed by atoms with van der Waals surface area (Å²) in [7, 11) is 0. The van der Waals surface area contributed by atoms with Gasteiger partial charge in [-0.05, 0) is 56.9 Å². The highest BCUT2D eigenvalue weighted by Gasteiger charge is 2.13. The number of ether oxygens (including phenoxy) is 1. The predicted octanol–water partition coefficient (Wildman–Crippen LogP) is 2.66. The Labute approximate surface area is 120 Å². The lowest BCUT2D eigenvalue weighted by Gasteiger charge is -2.22. The summed E-state index contributed by atoms with van der Waals surface area (Å²) in [5, 5.41) is 6.32. The molecule has 0 spiro atoms. The van der Waals surface area contributed by atoms with Crippen molar-refractivity contribution in [3.63, 3.8) is 0 Å². The van der Waals surface area contributed by atoms with Gasteiger partial charge in [0, 0.05) is 37.1 Å². The van der Waals surface area contributed by atoms with Crippen LogP contribution in [0.1, 0.15) is 37.0 Å². The van der Waals surface area contributed by atoms with Gasteiger partial charge >= 0.3 is 0 Å². The third kappa shape index (κ3) is 4.53. The summed E-state index contributed by atoms with van der Waals surface area (Å²) in [6.45, 7) is 6.64. The van der Waals surface area contributed by atoms with Crippen molar-refractivity contribution in [1.29, 1.82) is 0 Å². The van der Waals surface area contributed by atoms with Crippen LogP contribution in [0, 0.1) is 5.92 Å². The standard InChI is InChI=1S/C16H24N2O2/c1-12(2)18-16(19)14-3-5-15(6-4-14)17-11-13-7-9-20-10-8-13/h3-6,12-13,17H,7-11H2,1-2H3,(H,18,19). The van der Waals surface area contributed by atoms with E-state index in [-0.39, 0.29) is 11.9 Å². The fourth-order valence-corrected chi connectivity index (χ4v) is 2.30. The van der Waals surface area contributed by atoms with Crippen molar-refractivity contribution in [2.24, 2.45) is 5.92 Å². The Hall–Kier alpha value is -1.55. The molecule has 2 N–H and O–H groups in total. The van der Waals surface area contributed by atoms with Crippen molar-refractivity contribution in [3.05, 3.63) is 29.8 Å². The van der Waals surface area contributed by atoms with Crippen LogP contribution in [-0.4, -0.2) is 31.7 Å². The van der Waals surface area contributed by atoms with Gasteiger partial charge in [-0.2, -0.15) is 0 Å². The summed E-state index contributed by atoms with van der Waals surface area (Å²) < 4.78 is 5.35. The van der Waals surface area contributed by atoms with Crippen LogP contribution in [0.3, 0.4) is 0 Å². The molecule has 20 heavy (non-hydrogen) atoms. The van der Waals surface area contributed by atoms with Gasteiger partial charge in [0.15, 0.2) is 0 Å². The maximum Gasteiger partial charge on any atom is 0.251 e. The summed E-state index contributed by atoms with van der Waals surface area (Å²) in [5.41, 5.74) is 1.77. The second-order valence-electron chi connectivity index (χ2n) is 5.64. The average molecular weight is 276 g/mol. The van der Waals surface area contributed by atoms with Gasteiger partial charge in [0.1, 0.15) is 0 Å². The van der Waals surface area contributed by atoms with E-state index < -0.39 is 0 Å². The van der Waals surface area contributed by atoms with Gasteiger partial charge in [-0.3, -0.25) is 4.79 Å². The van der Waals surface area contributed by atoms with Crippen molar-refractivity contribution in [2.45, 2.75) is 32.7 Å². The van der Waals surface area contributed by atoms with E-state index in [1.54, 1.807) is 0 Å². The Balaban J connectivity index is 1.83. The molecule has 1 saturated heterocycles. The zero-order chi connectivity index (χ0) is 14.4. The Morgan fingerprint density at radius 1 is 1.25 bits per heavy atom. The fourth-order valence-electron chi connectivity index (χ4n) is 2.30. The van der Waals surface area contributed by atoms with E-state index in [0.717, 1.165) is 38.3 Å². The molecule has 2 rings (SSSR count). The molecule has 1 aromatic rings. The van der Waals surface area contributed by atoms with Crippen LogP contribution in [0.2, 0.25) is 0 Å². The SMILES string of the molecule is CC(C)NC(=O)c1ccc(NCC2CCOCC2)cc1. The number of carbonyl (C=O) groups excluding carboxylic acids is 1. The molecule has 1 amide bonds. The number of benzene rings is 1. The maximum absolute atomic E-state index is 11.8. The summed E-state index contributed by atoms with van der Waals surface area (Å²) in [4.78, 5) is 11.8. The molecule has 1 aliphatic heterocycles. The molecule has 4 nitrogen and oxygen atoms in total. The zero-order valence-corrected chi connectivity index (χ0v) is 12.3. The molecule has 1 heterocycles. The largest absolute Gasteiger partial charge is 0.385 e. The molecule has 0 bridgehead atoms. The van der Waals surface area contributed by atoms with Gasteiger partial charge in [0.2, 0.25) is 0 Å². The molecule has 0 radical (unpaired) electrons. The lowest BCUT2D eigenvalue weighted by molar-refractivity contribution is 0.0699. The van der Waals surface area contributed by atoms with Crippen molar-refractivity contribution in [1.82, 2.24) is 5.32 Å². The van der Waals surface area contributed by atoms with Crippen LogP contribution in [0.5, 0.6) is 0 Å². The zero-order valence-electron chi connectivity index (χ0n) is 12.3. The summed E-state index contributed by atoms with van der Waals surface area (Å²) in [5.74, 6) is 0.670. The van der Waals surface area contributed by atoms with Gasteiger partial charge in [-0.15, -0.1) is 0 Å². The summed E-state index contributed by atoms with van der Waals surface area (Å²) in [6, 6.07) is 7.82. The molecule has 0 aromatic heterocycles. The Morgan fingerprint density at radius 3 is 2.50 bits per heavy atom. The van der Waals surface area contributed by atoms with E-state index in [0.29, 0.717) is 11.5 Å². The van der Waals surface area contributed by atoms with Gasteiger partial charge < -0.3 is 15.4 Å². The topological polar surface area (TPSA) is 50.4 Å². The highest BCUT2D eigenvalue weighted by Crippen LogP contribution is 2.16. The van der Waals surface area contributed by atoms with E-state index in [4.69, 9.17) is 4.74 Å². The monoisotopic (exact) mass is 276 g/mol. The van der Waals surface area contributed by atoms with Gasteiger partial charge in [-0.25, -0.2) is 0 Å². The van der Waals surface area contributed by atoms with Crippen molar-refractivity contribution in [2.75, 3.05) is 25.1 Å². The van der Waals surface area contributed by atoms with Gasteiger partial charge in [-0.1, -0.05) is 0 Å². The first-order valence-electron chi connectivity index (χ1n) is 7.37. The summed E-state index contributed by atoms with van der Waals surface area (Å²) >= 11 is 0. The van der Waals surface area contributed by atoms with E-state index in [2.05, 4.69) is 10.6 Å².